The number of fused-ring (bicyclic) bond motifs is 2. The van der Waals surface area contributed by atoms with Gasteiger partial charge in [0.15, 0.2) is 33.9 Å². The van der Waals surface area contributed by atoms with Gasteiger partial charge in [-0.3, -0.25) is 46.6 Å². The van der Waals surface area contributed by atoms with Crippen LogP contribution in [0.15, 0.2) is 125 Å². The van der Waals surface area contributed by atoms with Crippen LogP contribution >= 0.6 is 43.5 Å². The first-order valence-electron chi connectivity index (χ1n) is 24.3. The van der Waals surface area contributed by atoms with Crippen molar-refractivity contribution in [2.45, 2.75) is 70.9 Å². The van der Waals surface area contributed by atoms with E-state index in [4.69, 9.17) is 33.0 Å². The van der Waals surface area contributed by atoms with Crippen molar-refractivity contribution in [2.75, 3.05) is 36.0 Å². The van der Waals surface area contributed by atoms with Gasteiger partial charge in [-0.15, -0.1) is 0 Å². The van der Waals surface area contributed by atoms with E-state index in [9.17, 15) is 28.8 Å². The summed E-state index contributed by atoms with van der Waals surface area (Å²) < 4.78 is 10.1. The predicted molar refractivity (Wildman–Crippen MR) is 295 cm³/mol. The lowest BCUT2D eigenvalue weighted by molar-refractivity contribution is 0.0961. The van der Waals surface area contributed by atoms with Crippen LogP contribution in [-0.2, 0) is 40.3 Å². The van der Waals surface area contributed by atoms with Gasteiger partial charge in [-0.1, -0.05) is 122 Å². The van der Waals surface area contributed by atoms with Gasteiger partial charge in [0.1, 0.15) is 0 Å². The monoisotopic (exact) mass is 1150 g/mol. The van der Waals surface area contributed by atoms with Crippen LogP contribution in [0.1, 0.15) is 63.1 Å². The first kappa shape index (κ1) is 52.2. The molecule has 6 heterocycles. The number of carbonyl (C=O) groups is 2. The number of aromatic nitrogens is 8. The maximum atomic E-state index is 13.9. The van der Waals surface area contributed by atoms with Crippen LogP contribution in [0, 0.1) is 6.92 Å². The second-order valence-electron chi connectivity index (χ2n) is 18.9. The highest BCUT2D eigenvalue weighted by atomic mass is 79.9. The molecule has 4 aromatic heterocycles. The van der Waals surface area contributed by atoms with Gasteiger partial charge >= 0.3 is 11.4 Å². The second kappa shape index (κ2) is 22.0. The number of piperidine rings is 2. The predicted octanol–water partition coefficient (Wildman–Crippen LogP) is 6.00. The molecule has 384 valence electrons. The van der Waals surface area contributed by atoms with Crippen LogP contribution in [0.5, 0.6) is 0 Å². The lowest BCUT2D eigenvalue weighted by Gasteiger charge is -2.32. The van der Waals surface area contributed by atoms with Gasteiger partial charge in [-0.2, -0.15) is 9.97 Å². The Kier molecular flexibility index (Phi) is 15.5. The molecule has 4 aromatic carbocycles. The van der Waals surface area contributed by atoms with Crippen molar-refractivity contribution >= 4 is 89.3 Å². The highest BCUT2D eigenvalue weighted by molar-refractivity contribution is 9.10. The summed E-state index contributed by atoms with van der Waals surface area (Å²) in [5, 5.41) is 0.265. The van der Waals surface area contributed by atoms with Crippen molar-refractivity contribution in [1.82, 2.24) is 37.4 Å². The Hall–Kier alpha value is -6.71. The molecule has 0 radical (unpaired) electrons. The van der Waals surface area contributed by atoms with Gasteiger partial charge in [0.2, 0.25) is 11.9 Å². The number of hydrogen-bond donors (Lipinski definition) is 2. The number of nitrogens with zero attached hydrogens (tertiary/aromatic N) is 10. The van der Waals surface area contributed by atoms with Gasteiger partial charge in [-0.25, -0.2) is 9.59 Å². The van der Waals surface area contributed by atoms with Crippen molar-refractivity contribution in [1.29, 1.82) is 0 Å². The summed E-state index contributed by atoms with van der Waals surface area (Å²) in [6.07, 6.45) is 3.65. The maximum absolute atomic E-state index is 13.9. The number of Topliss-reactive ketones (excluding diaryl/α,β-unsaturated/α-hetero) is 2. The molecule has 0 spiro atoms. The molecule has 0 aliphatic carbocycles. The Bertz CT molecular complexity index is 3710. The third kappa shape index (κ3) is 10.5. The van der Waals surface area contributed by atoms with Crippen molar-refractivity contribution in [3.63, 3.8) is 0 Å². The Morgan fingerprint density at radius 1 is 0.608 bits per heavy atom. The number of ketones is 2. The Labute approximate surface area is 446 Å². The van der Waals surface area contributed by atoms with Crippen LogP contribution in [0.4, 0.5) is 11.9 Å². The number of nitrogens with two attached hydrogens (primary N) is 2. The number of imidazole rings is 2. The maximum Gasteiger partial charge on any atom is 0.332 e. The Morgan fingerprint density at radius 2 is 1.04 bits per heavy atom. The summed E-state index contributed by atoms with van der Waals surface area (Å²) >= 11 is 13.4. The molecule has 10 rings (SSSR count). The molecule has 18 nitrogen and oxygen atoms in total. The minimum Gasteiger partial charge on any atom is -0.341 e. The van der Waals surface area contributed by atoms with Gasteiger partial charge in [0.25, 0.3) is 11.1 Å². The molecule has 2 aliphatic rings. The van der Waals surface area contributed by atoms with E-state index in [2.05, 4.69) is 41.7 Å². The van der Waals surface area contributed by atoms with E-state index in [1.165, 1.54) is 9.13 Å². The van der Waals surface area contributed by atoms with Crippen molar-refractivity contribution < 1.29 is 9.59 Å². The normalized spacial score (nSPS) is 15.9. The third-order valence-corrected chi connectivity index (χ3v) is 15.5. The number of aryl methyl sites for hydroxylation is 3. The van der Waals surface area contributed by atoms with E-state index in [1.807, 2.05) is 76.7 Å². The molecule has 4 N–H and O–H groups in total. The Morgan fingerprint density at radius 3 is 1.49 bits per heavy atom. The van der Waals surface area contributed by atoms with Gasteiger partial charge < -0.3 is 21.3 Å². The number of rotatable bonds is 12. The molecule has 74 heavy (non-hydrogen) atoms. The average Bonchev–Trinajstić information content (AvgIpc) is 3.98. The minimum absolute atomic E-state index is 0.00178. The molecular formula is C53H55Br2ClN12O6. The highest BCUT2D eigenvalue weighted by Crippen LogP contribution is 2.29. The van der Waals surface area contributed by atoms with E-state index in [0.717, 1.165) is 73.5 Å². The quantitative estimate of drug-likeness (QED) is 0.135. The summed E-state index contributed by atoms with van der Waals surface area (Å²) in [5.74, 6) is 0.430. The largest absolute Gasteiger partial charge is 0.341 e. The molecule has 0 amide bonds. The molecule has 2 atom stereocenters. The van der Waals surface area contributed by atoms with Crippen LogP contribution < -0.4 is 43.8 Å². The summed E-state index contributed by atoms with van der Waals surface area (Å²) in [7, 11) is 3.14. The smallest absolute Gasteiger partial charge is 0.332 e. The van der Waals surface area contributed by atoms with Gasteiger partial charge in [0, 0.05) is 72.4 Å². The molecule has 2 saturated heterocycles. The number of halogens is 3. The van der Waals surface area contributed by atoms with E-state index >= 15 is 0 Å². The van der Waals surface area contributed by atoms with Gasteiger partial charge in [0.05, 0.1) is 31.2 Å². The number of benzene rings is 4. The summed E-state index contributed by atoms with van der Waals surface area (Å²) in [4.78, 5) is 94.0. The zero-order valence-corrected chi connectivity index (χ0v) is 45.0. The Balaban J connectivity index is 0.000000182. The first-order chi connectivity index (χ1) is 35.5. The molecule has 2 aliphatic heterocycles. The molecule has 21 heteroatoms. The molecule has 2 fully saturated rings. The number of anilines is 2. The zero-order chi connectivity index (χ0) is 52.5. The number of hydrogen-bond acceptors (Lipinski definition) is 12. The van der Waals surface area contributed by atoms with Crippen molar-refractivity contribution in [3.8, 4) is 0 Å². The number of carbonyl (C=O) groups excluding carboxylic acids is 2. The SMILES string of the molecule is Cc1ccc(C(=O)Cn2c(=O)c3c(nc(N4CCCC(N)C4)n3Cc3ccccc3Br)n(C)c2=O)cc1.Cn1c(=O)n(CC(=O)c2ccccc2Cl)c(=O)c2c1nc(N1CCCC(N)C1)n2Cc1ccccc1Br. The van der Waals surface area contributed by atoms with Crippen molar-refractivity contribution in [3.05, 3.63) is 181 Å². The second-order valence-corrected chi connectivity index (χ2v) is 21.0. The van der Waals surface area contributed by atoms with Crippen LogP contribution in [0.3, 0.4) is 0 Å². The van der Waals surface area contributed by atoms with Crippen LogP contribution in [0.25, 0.3) is 22.3 Å². The third-order valence-electron chi connectivity index (χ3n) is 13.6. The molecule has 2 unspecified atom stereocenters. The standard InChI is InChI=1S/C27H29BrN6O3.C26H26BrClN6O3/c1-17-9-11-18(12-10-17)22(35)16-34-25(36)23-24(31(2)27(34)37)30-26(32-13-5-7-20(29)15-32)33(23)14-19-6-3-4-8-21(19)28;1-31-23-22(24(36)34(26(31)37)15-21(35)18-9-3-5-11-20(18)28)33(13-16-7-2-4-10-19(16)27)25(30-23)32-12-6-8-17(29)14-32/h3-4,6,8-12,20H,5,7,13-16,29H2,1-2H3;2-5,7,9-11,17H,6,8,12-15,29H2,1H3. The topological polar surface area (TPSA) is 216 Å². The molecule has 0 bridgehead atoms. The highest BCUT2D eigenvalue weighted by Gasteiger charge is 2.30. The summed E-state index contributed by atoms with van der Waals surface area (Å²) in [5.41, 5.74) is 14.9. The minimum atomic E-state index is -0.620. The fourth-order valence-corrected chi connectivity index (χ4v) is 10.7. The van der Waals surface area contributed by atoms with E-state index < -0.39 is 34.8 Å². The first-order valence-corrected chi connectivity index (χ1v) is 26.2. The fourth-order valence-electron chi connectivity index (χ4n) is 9.65. The van der Waals surface area contributed by atoms with E-state index in [1.54, 1.807) is 50.5 Å². The lowest BCUT2D eigenvalue weighted by Crippen LogP contribution is -2.44. The molecule has 8 aromatic rings. The van der Waals surface area contributed by atoms with E-state index in [0.29, 0.717) is 43.6 Å². The zero-order valence-electron chi connectivity index (χ0n) is 41.1. The average molecular weight is 1150 g/mol. The van der Waals surface area contributed by atoms with Crippen LogP contribution in [0.2, 0.25) is 5.02 Å². The summed E-state index contributed by atoms with van der Waals surface area (Å²) in [6.45, 7) is 4.52. The van der Waals surface area contributed by atoms with Crippen molar-refractivity contribution in [2.24, 2.45) is 25.6 Å². The fraction of sp³-hybridized carbons (Fsp3) is 0.321. The van der Waals surface area contributed by atoms with Gasteiger partial charge in [-0.05, 0) is 68.0 Å². The summed E-state index contributed by atoms with van der Waals surface area (Å²) in [6, 6.07) is 29.2. The van der Waals surface area contributed by atoms with Crippen LogP contribution in [-0.4, -0.2) is 87.2 Å². The molecule has 0 saturated carbocycles. The molecular weight excluding hydrogens is 1100 g/mol. The van der Waals surface area contributed by atoms with E-state index in [-0.39, 0.29) is 57.3 Å². The lowest BCUT2D eigenvalue weighted by atomic mass is 10.1.